The highest BCUT2D eigenvalue weighted by molar-refractivity contribution is 7.15. The summed E-state index contributed by atoms with van der Waals surface area (Å²) in [6, 6.07) is 4.86. The third kappa shape index (κ3) is 2.96. The van der Waals surface area contributed by atoms with Crippen LogP contribution in [0.4, 0.5) is 0 Å². The Morgan fingerprint density at radius 1 is 1.41 bits per heavy atom. The van der Waals surface area contributed by atoms with Crippen LogP contribution in [0, 0.1) is 0 Å². The standard InChI is InChI=1S/C13H19N3S/c1-4-11-5-6-12(17-11)13-10(8-15-16-13)7-14-9(2)3/h5-6,8-9,14H,4,7H2,1-3H3,(H,15,16). The molecule has 0 atom stereocenters. The van der Waals surface area contributed by atoms with Crippen LogP contribution in [-0.2, 0) is 13.0 Å². The Morgan fingerprint density at radius 2 is 2.24 bits per heavy atom. The lowest BCUT2D eigenvalue weighted by atomic mass is 10.2. The third-order valence-electron chi connectivity index (χ3n) is 2.68. The van der Waals surface area contributed by atoms with Gasteiger partial charge in [-0.3, -0.25) is 5.10 Å². The average Bonchev–Trinajstić information content (AvgIpc) is 2.94. The number of hydrogen-bond donors (Lipinski definition) is 2. The number of aryl methyl sites for hydroxylation is 1. The van der Waals surface area contributed by atoms with E-state index >= 15 is 0 Å². The number of hydrogen-bond acceptors (Lipinski definition) is 3. The molecule has 0 saturated carbocycles. The lowest BCUT2D eigenvalue weighted by Crippen LogP contribution is -2.21. The van der Waals surface area contributed by atoms with E-state index in [4.69, 9.17) is 0 Å². The van der Waals surface area contributed by atoms with Gasteiger partial charge in [0.1, 0.15) is 0 Å². The van der Waals surface area contributed by atoms with Crippen molar-refractivity contribution in [3.05, 3.63) is 28.8 Å². The second kappa shape index (κ2) is 5.47. The van der Waals surface area contributed by atoms with E-state index in [9.17, 15) is 0 Å². The minimum atomic E-state index is 0.493. The molecule has 0 aromatic carbocycles. The van der Waals surface area contributed by atoms with Crippen molar-refractivity contribution in [2.24, 2.45) is 0 Å². The summed E-state index contributed by atoms with van der Waals surface area (Å²) in [7, 11) is 0. The molecule has 2 N–H and O–H groups in total. The Kier molecular flexibility index (Phi) is 3.97. The molecule has 2 rings (SSSR count). The number of rotatable bonds is 5. The molecule has 2 heterocycles. The van der Waals surface area contributed by atoms with Gasteiger partial charge in [-0.25, -0.2) is 0 Å². The minimum Gasteiger partial charge on any atom is -0.310 e. The van der Waals surface area contributed by atoms with E-state index in [1.165, 1.54) is 15.3 Å². The molecular formula is C13H19N3S. The number of nitrogens with zero attached hydrogens (tertiary/aromatic N) is 1. The van der Waals surface area contributed by atoms with Gasteiger partial charge in [-0.2, -0.15) is 5.10 Å². The summed E-state index contributed by atoms with van der Waals surface area (Å²) in [5, 5.41) is 10.7. The summed E-state index contributed by atoms with van der Waals surface area (Å²) >= 11 is 1.84. The number of aromatic nitrogens is 2. The molecule has 0 fully saturated rings. The molecule has 0 bridgehead atoms. The fourth-order valence-corrected chi connectivity index (χ4v) is 2.65. The first-order chi connectivity index (χ1) is 8.20. The zero-order chi connectivity index (χ0) is 12.3. The summed E-state index contributed by atoms with van der Waals surface area (Å²) in [5.41, 5.74) is 2.39. The molecule has 3 nitrogen and oxygen atoms in total. The fraction of sp³-hybridized carbons (Fsp3) is 0.462. The van der Waals surface area contributed by atoms with Crippen molar-refractivity contribution in [1.29, 1.82) is 0 Å². The van der Waals surface area contributed by atoms with Gasteiger partial charge in [0.2, 0.25) is 0 Å². The quantitative estimate of drug-likeness (QED) is 0.854. The Balaban J connectivity index is 2.18. The van der Waals surface area contributed by atoms with Crippen molar-refractivity contribution in [2.45, 2.75) is 39.8 Å². The van der Waals surface area contributed by atoms with Crippen LogP contribution in [0.2, 0.25) is 0 Å². The van der Waals surface area contributed by atoms with Crippen LogP contribution in [0.5, 0.6) is 0 Å². The van der Waals surface area contributed by atoms with Gasteiger partial charge in [-0.1, -0.05) is 20.8 Å². The topological polar surface area (TPSA) is 40.7 Å². The second-order valence-corrected chi connectivity index (χ2v) is 5.59. The largest absolute Gasteiger partial charge is 0.310 e. The molecule has 0 saturated heterocycles. The van der Waals surface area contributed by atoms with Gasteiger partial charge >= 0.3 is 0 Å². The molecular weight excluding hydrogens is 230 g/mol. The molecule has 0 aliphatic heterocycles. The molecule has 0 aliphatic carbocycles. The first-order valence-corrected chi connectivity index (χ1v) is 6.87. The first kappa shape index (κ1) is 12.3. The van der Waals surface area contributed by atoms with Gasteiger partial charge in [0.05, 0.1) is 16.8 Å². The zero-order valence-corrected chi connectivity index (χ0v) is 11.4. The Morgan fingerprint density at radius 3 is 2.88 bits per heavy atom. The molecule has 0 amide bonds. The number of H-pyrrole nitrogens is 1. The van der Waals surface area contributed by atoms with Crippen LogP contribution in [0.25, 0.3) is 10.6 Å². The summed E-state index contributed by atoms with van der Waals surface area (Å²) in [6.45, 7) is 7.35. The average molecular weight is 249 g/mol. The second-order valence-electron chi connectivity index (χ2n) is 4.43. The molecule has 2 aromatic heterocycles. The van der Waals surface area contributed by atoms with Gasteiger partial charge in [0.25, 0.3) is 0 Å². The molecule has 0 aliphatic rings. The van der Waals surface area contributed by atoms with Crippen LogP contribution >= 0.6 is 11.3 Å². The molecule has 0 radical (unpaired) electrons. The fourth-order valence-electron chi connectivity index (χ4n) is 1.67. The first-order valence-electron chi connectivity index (χ1n) is 6.05. The van der Waals surface area contributed by atoms with Crippen LogP contribution in [-0.4, -0.2) is 16.2 Å². The van der Waals surface area contributed by atoms with Crippen molar-refractivity contribution in [2.75, 3.05) is 0 Å². The highest BCUT2D eigenvalue weighted by Crippen LogP contribution is 2.29. The smallest absolute Gasteiger partial charge is 0.0794 e. The van der Waals surface area contributed by atoms with Crippen LogP contribution < -0.4 is 5.32 Å². The van der Waals surface area contributed by atoms with Crippen molar-refractivity contribution < 1.29 is 0 Å². The SMILES string of the molecule is CCc1ccc(-c2[nH]ncc2CNC(C)C)s1. The van der Waals surface area contributed by atoms with Crippen molar-refractivity contribution >= 4 is 11.3 Å². The number of thiophene rings is 1. The van der Waals surface area contributed by atoms with Gasteiger partial charge in [0, 0.05) is 23.0 Å². The van der Waals surface area contributed by atoms with E-state index in [1.807, 2.05) is 17.5 Å². The number of nitrogens with one attached hydrogen (secondary N) is 2. The normalized spacial score (nSPS) is 11.3. The van der Waals surface area contributed by atoms with E-state index in [2.05, 4.69) is 48.4 Å². The predicted molar refractivity (Wildman–Crippen MR) is 73.3 cm³/mol. The lowest BCUT2D eigenvalue weighted by Gasteiger charge is -2.07. The predicted octanol–water partition coefficient (Wildman–Crippen LogP) is 3.20. The maximum atomic E-state index is 4.15. The Labute approximate surface area is 106 Å². The van der Waals surface area contributed by atoms with Crippen LogP contribution in [0.1, 0.15) is 31.2 Å². The third-order valence-corrected chi connectivity index (χ3v) is 3.92. The van der Waals surface area contributed by atoms with Gasteiger partial charge in [-0.15, -0.1) is 11.3 Å². The van der Waals surface area contributed by atoms with E-state index < -0.39 is 0 Å². The molecule has 0 spiro atoms. The maximum absolute atomic E-state index is 4.15. The maximum Gasteiger partial charge on any atom is 0.0794 e. The van der Waals surface area contributed by atoms with Gasteiger partial charge < -0.3 is 5.32 Å². The molecule has 17 heavy (non-hydrogen) atoms. The van der Waals surface area contributed by atoms with E-state index in [0.29, 0.717) is 6.04 Å². The Bertz CT molecular complexity index is 470. The van der Waals surface area contributed by atoms with E-state index in [1.54, 1.807) is 0 Å². The zero-order valence-electron chi connectivity index (χ0n) is 10.6. The van der Waals surface area contributed by atoms with E-state index in [0.717, 1.165) is 18.7 Å². The minimum absolute atomic E-state index is 0.493. The highest BCUT2D eigenvalue weighted by atomic mass is 32.1. The van der Waals surface area contributed by atoms with E-state index in [-0.39, 0.29) is 0 Å². The van der Waals surface area contributed by atoms with Crippen LogP contribution in [0.15, 0.2) is 18.3 Å². The lowest BCUT2D eigenvalue weighted by molar-refractivity contribution is 0.589. The monoisotopic (exact) mass is 249 g/mol. The molecule has 0 unspecified atom stereocenters. The van der Waals surface area contributed by atoms with Crippen molar-refractivity contribution in [1.82, 2.24) is 15.5 Å². The highest BCUT2D eigenvalue weighted by Gasteiger charge is 2.10. The Hall–Kier alpha value is -1.13. The van der Waals surface area contributed by atoms with Crippen molar-refractivity contribution in [3.63, 3.8) is 0 Å². The van der Waals surface area contributed by atoms with Gasteiger partial charge in [0.15, 0.2) is 0 Å². The molecule has 2 aromatic rings. The molecule has 4 heteroatoms. The van der Waals surface area contributed by atoms with Crippen LogP contribution in [0.3, 0.4) is 0 Å². The van der Waals surface area contributed by atoms with Gasteiger partial charge in [-0.05, 0) is 18.6 Å². The summed E-state index contributed by atoms with van der Waals surface area (Å²) < 4.78 is 0. The molecule has 92 valence electrons. The summed E-state index contributed by atoms with van der Waals surface area (Å²) in [4.78, 5) is 2.69. The summed E-state index contributed by atoms with van der Waals surface area (Å²) in [5.74, 6) is 0. The van der Waals surface area contributed by atoms with Crippen molar-refractivity contribution in [3.8, 4) is 10.6 Å². The summed E-state index contributed by atoms with van der Waals surface area (Å²) in [6.07, 6.45) is 3.01. The number of aromatic amines is 1.